The number of imide groups is 1. The first-order valence-electron chi connectivity index (χ1n) is 8.10. The van der Waals surface area contributed by atoms with Crippen molar-refractivity contribution in [3.05, 3.63) is 84.4 Å². The SMILES string of the molecule is C=CCN1C(=O)N(CC(=O)O)C(=O)C1(c1ccccc1)c1ccccc1. The number of urea groups is 1. The zero-order valence-corrected chi connectivity index (χ0v) is 14.0. The van der Waals surface area contributed by atoms with E-state index in [2.05, 4.69) is 6.58 Å². The van der Waals surface area contributed by atoms with Gasteiger partial charge >= 0.3 is 12.0 Å². The number of nitrogens with zero attached hydrogens (tertiary/aromatic N) is 2. The molecule has 1 fully saturated rings. The molecule has 1 saturated heterocycles. The number of hydrogen-bond donors (Lipinski definition) is 1. The molecule has 0 unspecified atom stereocenters. The summed E-state index contributed by atoms with van der Waals surface area (Å²) in [4.78, 5) is 39.7. The van der Waals surface area contributed by atoms with Crippen molar-refractivity contribution in [3.8, 4) is 0 Å². The van der Waals surface area contributed by atoms with Gasteiger partial charge in [-0.3, -0.25) is 19.4 Å². The number of aliphatic carboxylic acids is 1. The van der Waals surface area contributed by atoms with Crippen molar-refractivity contribution in [1.29, 1.82) is 0 Å². The lowest BCUT2D eigenvalue weighted by atomic mass is 9.81. The lowest BCUT2D eigenvalue weighted by Gasteiger charge is -2.35. The molecule has 132 valence electrons. The molecule has 0 bridgehead atoms. The summed E-state index contributed by atoms with van der Waals surface area (Å²) in [5.74, 6) is -1.83. The molecule has 2 aromatic rings. The van der Waals surface area contributed by atoms with E-state index in [0.29, 0.717) is 11.1 Å². The van der Waals surface area contributed by atoms with E-state index in [1.807, 2.05) is 12.1 Å². The van der Waals surface area contributed by atoms with Crippen LogP contribution in [0.2, 0.25) is 0 Å². The van der Waals surface area contributed by atoms with Crippen LogP contribution in [0.25, 0.3) is 0 Å². The number of carbonyl (C=O) groups is 3. The Morgan fingerprint density at radius 2 is 1.50 bits per heavy atom. The van der Waals surface area contributed by atoms with Crippen LogP contribution in [0.5, 0.6) is 0 Å². The highest BCUT2D eigenvalue weighted by atomic mass is 16.4. The topological polar surface area (TPSA) is 77.9 Å². The summed E-state index contributed by atoms with van der Waals surface area (Å²) in [5, 5.41) is 9.15. The van der Waals surface area contributed by atoms with Gasteiger partial charge in [0.2, 0.25) is 0 Å². The molecule has 0 aromatic heterocycles. The number of carbonyl (C=O) groups excluding carboxylic acids is 2. The molecule has 0 radical (unpaired) electrons. The van der Waals surface area contributed by atoms with Crippen LogP contribution in [0.15, 0.2) is 73.3 Å². The van der Waals surface area contributed by atoms with Crippen molar-refractivity contribution in [1.82, 2.24) is 9.80 Å². The summed E-state index contributed by atoms with van der Waals surface area (Å²) in [5.41, 5.74) is -0.234. The average molecular weight is 350 g/mol. The molecule has 1 aliphatic rings. The second kappa shape index (κ2) is 6.84. The van der Waals surface area contributed by atoms with E-state index in [0.717, 1.165) is 4.90 Å². The van der Waals surface area contributed by atoms with Crippen LogP contribution in [0, 0.1) is 0 Å². The Kier molecular flexibility index (Phi) is 4.58. The largest absolute Gasteiger partial charge is 0.480 e. The van der Waals surface area contributed by atoms with E-state index in [-0.39, 0.29) is 6.54 Å². The molecule has 6 heteroatoms. The molecule has 0 aliphatic carbocycles. The Hall–Kier alpha value is -3.41. The van der Waals surface area contributed by atoms with Crippen LogP contribution in [-0.2, 0) is 15.1 Å². The van der Waals surface area contributed by atoms with E-state index in [4.69, 9.17) is 5.11 Å². The molecular formula is C20H18N2O4. The van der Waals surface area contributed by atoms with Gasteiger partial charge in [-0.05, 0) is 11.1 Å². The minimum Gasteiger partial charge on any atom is -0.480 e. The van der Waals surface area contributed by atoms with Gasteiger partial charge in [0.05, 0.1) is 0 Å². The van der Waals surface area contributed by atoms with Gasteiger partial charge in [0.1, 0.15) is 6.54 Å². The molecule has 0 atom stereocenters. The zero-order chi connectivity index (χ0) is 18.7. The minimum absolute atomic E-state index is 0.102. The quantitative estimate of drug-likeness (QED) is 0.641. The number of hydrogen-bond acceptors (Lipinski definition) is 3. The molecule has 6 nitrogen and oxygen atoms in total. The van der Waals surface area contributed by atoms with Crippen LogP contribution in [0.4, 0.5) is 4.79 Å². The van der Waals surface area contributed by atoms with Crippen LogP contribution in [0.3, 0.4) is 0 Å². The van der Waals surface area contributed by atoms with Crippen LogP contribution in [-0.4, -0.2) is 45.9 Å². The number of carboxylic acid groups (broad SMARTS) is 1. The average Bonchev–Trinajstić information content (AvgIpc) is 2.85. The minimum atomic E-state index is -1.43. The van der Waals surface area contributed by atoms with E-state index >= 15 is 0 Å². The Morgan fingerprint density at radius 1 is 1.00 bits per heavy atom. The third-order valence-corrected chi connectivity index (χ3v) is 4.41. The molecule has 1 aliphatic heterocycles. The Bertz CT molecular complexity index is 809. The highest BCUT2D eigenvalue weighted by molar-refractivity contribution is 6.11. The molecule has 26 heavy (non-hydrogen) atoms. The fourth-order valence-corrected chi connectivity index (χ4v) is 3.39. The second-order valence-electron chi connectivity index (χ2n) is 5.91. The van der Waals surface area contributed by atoms with Crippen molar-refractivity contribution in [2.75, 3.05) is 13.1 Å². The summed E-state index contributed by atoms with van der Waals surface area (Å²) in [6.07, 6.45) is 1.52. The zero-order valence-electron chi connectivity index (χ0n) is 14.0. The number of rotatable bonds is 6. The van der Waals surface area contributed by atoms with Gasteiger partial charge < -0.3 is 5.11 Å². The molecule has 2 aromatic carbocycles. The summed E-state index contributed by atoms with van der Waals surface area (Å²) < 4.78 is 0. The predicted octanol–water partition coefficient (Wildman–Crippen LogP) is 2.46. The maximum atomic E-state index is 13.4. The van der Waals surface area contributed by atoms with E-state index < -0.39 is 30.0 Å². The molecule has 1 N–H and O–H groups in total. The monoisotopic (exact) mass is 350 g/mol. The predicted molar refractivity (Wildman–Crippen MR) is 95.3 cm³/mol. The maximum Gasteiger partial charge on any atom is 0.329 e. The van der Waals surface area contributed by atoms with Gasteiger partial charge in [-0.15, -0.1) is 6.58 Å². The van der Waals surface area contributed by atoms with Gasteiger partial charge in [0.25, 0.3) is 5.91 Å². The lowest BCUT2D eigenvalue weighted by molar-refractivity contribution is -0.142. The van der Waals surface area contributed by atoms with Crippen molar-refractivity contribution in [2.24, 2.45) is 0 Å². The lowest BCUT2D eigenvalue weighted by Crippen LogP contribution is -2.48. The van der Waals surface area contributed by atoms with Crippen molar-refractivity contribution in [2.45, 2.75) is 5.54 Å². The molecule has 1 heterocycles. The van der Waals surface area contributed by atoms with Gasteiger partial charge in [-0.1, -0.05) is 66.7 Å². The molecule has 0 spiro atoms. The highest BCUT2D eigenvalue weighted by Crippen LogP contribution is 2.42. The van der Waals surface area contributed by atoms with Gasteiger partial charge in [0, 0.05) is 6.54 Å². The van der Waals surface area contributed by atoms with Gasteiger partial charge in [-0.25, -0.2) is 4.79 Å². The van der Waals surface area contributed by atoms with E-state index in [9.17, 15) is 14.4 Å². The van der Waals surface area contributed by atoms with Crippen molar-refractivity contribution < 1.29 is 19.5 Å². The van der Waals surface area contributed by atoms with Crippen LogP contribution < -0.4 is 0 Å². The van der Waals surface area contributed by atoms with Gasteiger partial charge in [-0.2, -0.15) is 0 Å². The normalized spacial score (nSPS) is 16.0. The molecule has 0 saturated carbocycles. The Labute approximate surface area is 151 Å². The molecule has 3 amide bonds. The fraction of sp³-hybridized carbons (Fsp3) is 0.150. The number of carboxylic acids is 1. The third kappa shape index (κ3) is 2.56. The standard InChI is InChI=1S/C20H18N2O4/c1-2-13-22-19(26)21(14-17(23)24)18(25)20(22,15-9-5-3-6-10-15)16-11-7-4-8-12-16/h2-12H,1,13-14H2,(H,23,24). The van der Waals surface area contributed by atoms with E-state index in [1.165, 1.54) is 11.0 Å². The Morgan fingerprint density at radius 3 is 1.92 bits per heavy atom. The van der Waals surface area contributed by atoms with Crippen LogP contribution in [0.1, 0.15) is 11.1 Å². The summed E-state index contributed by atoms with van der Waals surface area (Å²) in [6, 6.07) is 17.2. The number of amides is 3. The second-order valence-corrected chi connectivity index (χ2v) is 5.91. The van der Waals surface area contributed by atoms with Crippen molar-refractivity contribution >= 4 is 17.9 Å². The fourth-order valence-electron chi connectivity index (χ4n) is 3.39. The first-order valence-corrected chi connectivity index (χ1v) is 8.10. The Balaban J connectivity index is 2.30. The van der Waals surface area contributed by atoms with Crippen molar-refractivity contribution in [3.63, 3.8) is 0 Å². The third-order valence-electron chi connectivity index (χ3n) is 4.41. The summed E-state index contributed by atoms with van der Waals surface area (Å²) in [7, 11) is 0. The maximum absolute atomic E-state index is 13.4. The van der Waals surface area contributed by atoms with Crippen LogP contribution >= 0.6 is 0 Å². The smallest absolute Gasteiger partial charge is 0.329 e. The molecular weight excluding hydrogens is 332 g/mol. The summed E-state index contributed by atoms with van der Waals surface area (Å²) in [6.45, 7) is 3.10. The molecule has 3 rings (SSSR count). The van der Waals surface area contributed by atoms with E-state index in [1.54, 1.807) is 48.5 Å². The summed E-state index contributed by atoms with van der Waals surface area (Å²) >= 11 is 0. The van der Waals surface area contributed by atoms with Gasteiger partial charge in [0.15, 0.2) is 5.54 Å². The highest BCUT2D eigenvalue weighted by Gasteiger charge is 2.59. The first kappa shape index (κ1) is 17.4. The number of benzene rings is 2. The first-order chi connectivity index (χ1) is 12.5.